The van der Waals surface area contributed by atoms with Crippen LogP contribution in [0.15, 0.2) is 0 Å². The molecule has 0 N–H and O–H groups in total. The van der Waals surface area contributed by atoms with Crippen LogP contribution in [0.5, 0.6) is 0 Å². The van der Waals surface area contributed by atoms with Crippen molar-refractivity contribution in [1.29, 1.82) is 0 Å². The summed E-state index contributed by atoms with van der Waals surface area (Å²) in [5, 5.41) is 0. The molecular weight excluding hydrogens is 338 g/mol. The SMILES string of the molecule is CC(=O)N1[C@@H]2C[C@H]3C[C@@]4(OC(=O)[C@@H]5C[C@@H]6CCCC[C@H]6[C@H]3[C@@H]54)[C@@H]2CC[C@@H]1C. The number of likely N-dealkylation sites (tertiary alicyclic amines) is 1. The van der Waals surface area contributed by atoms with Crippen molar-refractivity contribution in [1.82, 2.24) is 4.90 Å². The molecule has 0 unspecified atom stereocenters. The van der Waals surface area contributed by atoms with Crippen molar-refractivity contribution >= 4 is 11.9 Å². The molecule has 6 fully saturated rings. The van der Waals surface area contributed by atoms with E-state index in [0.717, 1.165) is 43.9 Å². The average Bonchev–Trinajstić information content (AvgIpc) is 3.05. The number of esters is 1. The molecule has 6 rings (SSSR count). The van der Waals surface area contributed by atoms with Crippen molar-refractivity contribution in [2.45, 2.75) is 89.3 Å². The molecule has 4 saturated carbocycles. The second kappa shape index (κ2) is 5.51. The standard InChI is InChI=1S/C23H33NO3/c1-12-7-8-18-19(24(12)13(2)25)10-15-11-23(18)21-17(22(26)27-23)9-14-5-3-4-6-16(14)20(15)21/h12,14-21H,3-11H2,1-2H3/t12-,14-,15-,16+,17+,18+,19+,20-,21+,23+/m0/s1. The molecule has 148 valence electrons. The van der Waals surface area contributed by atoms with Crippen molar-refractivity contribution in [3.63, 3.8) is 0 Å². The van der Waals surface area contributed by atoms with Gasteiger partial charge in [-0.15, -0.1) is 0 Å². The van der Waals surface area contributed by atoms with Crippen LogP contribution in [0.2, 0.25) is 0 Å². The molecule has 1 spiro atoms. The number of ether oxygens (including phenoxy) is 1. The van der Waals surface area contributed by atoms with E-state index in [1.165, 1.54) is 25.7 Å². The van der Waals surface area contributed by atoms with Gasteiger partial charge in [0.05, 0.1) is 5.92 Å². The van der Waals surface area contributed by atoms with Gasteiger partial charge < -0.3 is 9.64 Å². The molecule has 2 aliphatic heterocycles. The molecular formula is C23H33NO3. The molecule has 27 heavy (non-hydrogen) atoms. The highest BCUT2D eigenvalue weighted by Crippen LogP contribution is 2.70. The Labute approximate surface area is 162 Å². The summed E-state index contributed by atoms with van der Waals surface area (Å²) in [5.74, 6) is 4.20. The van der Waals surface area contributed by atoms with Crippen molar-refractivity contribution in [3.8, 4) is 0 Å². The van der Waals surface area contributed by atoms with E-state index in [0.29, 0.717) is 35.8 Å². The molecule has 6 aliphatic rings. The van der Waals surface area contributed by atoms with Crippen LogP contribution in [0.25, 0.3) is 0 Å². The van der Waals surface area contributed by atoms with Crippen molar-refractivity contribution in [2.24, 2.45) is 41.4 Å². The number of piperidine rings is 1. The lowest BCUT2D eigenvalue weighted by atomic mass is 9.56. The number of hydrogen-bond acceptors (Lipinski definition) is 3. The lowest BCUT2D eigenvalue weighted by Crippen LogP contribution is -2.61. The molecule has 0 aromatic carbocycles. The summed E-state index contributed by atoms with van der Waals surface area (Å²) in [5.41, 5.74) is -0.240. The molecule has 2 saturated heterocycles. The fourth-order valence-corrected chi connectivity index (χ4v) is 9.34. The number of fused-ring (bicyclic) bond motifs is 5. The van der Waals surface area contributed by atoms with Crippen LogP contribution in [0, 0.1) is 41.4 Å². The van der Waals surface area contributed by atoms with Crippen molar-refractivity contribution < 1.29 is 14.3 Å². The molecule has 0 aromatic heterocycles. The summed E-state index contributed by atoms with van der Waals surface area (Å²) in [7, 11) is 0. The maximum absolute atomic E-state index is 13.0. The maximum atomic E-state index is 13.0. The van der Waals surface area contributed by atoms with Crippen LogP contribution in [-0.2, 0) is 14.3 Å². The molecule has 4 aliphatic carbocycles. The molecule has 2 heterocycles. The minimum atomic E-state index is -0.240. The van der Waals surface area contributed by atoms with Crippen molar-refractivity contribution in [2.75, 3.05) is 0 Å². The molecule has 4 heteroatoms. The van der Waals surface area contributed by atoms with E-state index in [-0.39, 0.29) is 23.4 Å². The Kier molecular flexibility index (Phi) is 3.44. The van der Waals surface area contributed by atoms with E-state index in [2.05, 4.69) is 11.8 Å². The van der Waals surface area contributed by atoms with Crippen LogP contribution < -0.4 is 0 Å². The summed E-state index contributed by atoms with van der Waals surface area (Å²) in [6.07, 6.45) is 10.9. The Morgan fingerprint density at radius 1 is 1.11 bits per heavy atom. The van der Waals surface area contributed by atoms with Gasteiger partial charge in [0, 0.05) is 30.8 Å². The number of hydrogen-bond donors (Lipinski definition) is 0. The zero-order valence-corrected chi connectivity index (χ0v) is 16.7. The number of amides is 1. The Hall–Kier alpha value is -1.06. The Morgan fingerprint density at radius 3 is 2.74 bits per heavy atom. The van der Waals surface area contributed by atoms with Gasteiger partial charge in [-0.1, -0.05) is 19.3 Å². The first kappa shape index (κ1) is 16.9. The van der Waals surface area contributed by atoms with Gasteiger partial charge in [0.2, 0.25) is 5.91 Å². The highest BCUT2D eigenvalue weighted by molar-refractivity contribution is 5.77. The van der Waals surface area contributed by atoms with E-state index in [1.54, 1.807) is 6.92 Å². The number of nitrogens with zero attached hydrogens (tertiary/aromatic N) is 1. The van der Waals surface area contributed by atoms with E-state index >= 15 is 0 Å². The van der Waals surface area contributed by atoms with E-state index < -0.39 is 0 Å². The van der Waals surface area contributed by atoms with E-state index in [9.17, 15) is 9.59 Å². The normalized spacial score (nSPS) is 55.4. The average molecular weight is 372 g/mol. The highest BCUT2D eigenvalue weighted by Gasteiger charge is 2.74. The van der Waals surface area contributed by atoms with Crippen LogP contribution in [0.1, 0.15) is 71.6 Å². The molecule has 2 bridgehead atoms. The molecule has 0 radical (unpaired) electrons. The predicted octanol–water partition coefficient (Wildman–Crippen LogP) is 3.78. The van der Waals surface area contributed by atoms with Gasteiger partial charge in [0.15, 0.2) is 0 Å². The Bertz CT molecular complexity index is 691. The monoisotopic (exact) mass is 371 g/mol. The second-order valence-corrected chi connectivity index (χ2v) is 10.8. The van der Waals surface area contributed by atoms with Crippen LogP contribution >= 0.6 is 0 Å². The fourth-order valence-electron chi connectivity index (χ4n) is 9.34. The van der Waals surface area contributed by atoms with E-state index in [4.69, 9.17) is 4.74 Å². The van der Waals surface area contributed by atoms with E-state index in [1.807, 2.05) is 0 Å². The minimum absolute atomic E-state index is 0.112. The van der Waals surface area contributed by atoms with Crippen LogP contribution in [0.3, 0.4) is 0 Å². The van der Waals surface area contributed by atoms with Gasteiger partial charge in [-0.2, -0.15) is 0 Å². The van der Waals surface area contributed by atoms with Gasteiger partial charge >= 0.3 is 5.97 Å². The van der Waals surface area contributed by atoms with Crippen LogP contribution in [0.4, 0.5) is 0 Å². The number of rotatable bonds is 0. The summed E-state index contributed by atoms with van der Waals surface area (Å²) in [4.78, 5) is 27.7. The van der Waals surface area contributed by atoms with Crippen molar-refractivity contribution in [3.05, 3.63) is 0 Å². The third-order valence-electron chi connectivity index (χ3n) is 9.88. The van der Waals surface area contributed by atoms with Gasteiger partial charge in [0.25, 0.3) is 0 Å². The molecule has 1 amide bonds. The third kappa shape index (κ3) is 2.00. The molecule has 10 atom stereocenters. The second-order valence-electron chi connectivity index (χ2n) is 10.8. The third-order valence-corrected chi connectivity index (χ3v) is 9.88. The lowest BCUT2D eigenvalue weighted by Gasteiger charge is -2.53. The molecule has 0 aromatic rings. The summed E-state index contributed by atoms with van der Waals surface area (Å²) in [6.45, 7) is 3.94. The van der Waals surface area contributed by atoms with Gasteiger partial charge in [0.1, 0.15) is 5.60 Å². The Balaban J connectivity index is 1.45. The summed E-state index contributed by atoms with van der Waals surface area (Å²) < 4.78 is 6.42. The zero-order chi connectivity index (χ0) is 18.5. The topological polar surface area (TPSA) is 46.6 Å². The quantitative estimate of drug-likeness (QED) is 0.609. The molecule has 4 nitrogen and oxygen atoms in total. The fraction of sp³-hybridized carbons (Fsp3) is 0.913. The predicted molar refractivity (Wildman–Crippen MR) is 101 cm³/mol. The van der Waals surface area contributed by atoms with Gasteiger partial charge in [-0.3, -0.25) is 9.59 Å². The number of carbonyl (C=O) groups is 2. The largest absolute Gasteiger partial charge is 0.458 e. The summed E-state index contributed by atoms with van der Waals surface area (Å²) in [6, 6.07) is 0.624. The zero-order valence-electron chi connectivity index (χ0n) is 16.7. The minimum Gasteiger partial charge on any atom is -0.458 e. The lowest BCUT2D eigenvalue weighted by molar-refractivity contribution is -0.170. The maximum Gasteiger partial charge on any atom is 0.309 e. The first-order chi connectivity index (χ1) is 13.0. The highest BCUT2D eigenvalue weighted by atomic mass is 16.6. The smallest absolute Gasteiger partial charge is 0.309 e. The number of carbonyl (C=O) groups excluding carboxylic acids is 2. The van der Waals surface area contributed by atoms with Crippen LogP contribution in [-0.4, -0.2) is 34.5 Å². The Morgan fingerprint density at radius 2 is 1.93 bits per heavy atom. The summed E-state index contributed by atoms with van der Waals surface area (Å²) >= 11 is 0. The first-order valence-electron chi connectivity index (χ1n) is 11.5. The van der Waals surface area contributed by atoms with Gasteiger partial charge in [-0.05, 0) is 69.1 Å². The first-order valence-corrected chi connectivity index (χ1v) is 11.5. The van der Waals surface area contributed by atoms with Gasteiger partial charge in [-0.25, -0.2) is 0 Å².